The van der Waals surface area contributed by atoms with E-state index in [0.29, 0.717) is 6.42 Å². The Balaban J connectivity index is 1.80. The lowest BCUT2D eigenvalue weighted by Crippen LogP contribution is -2.45. The molecule has 1 aliphatic heterocycles. The SMILES string of the molecule is CC1c2ccsc2CCN1C(=O)[C@@H]1CCCC[C@@H]1C(=O)O. The van der Waals surface area contributed by atoms with E-state index in [4.69, 9.17) is 0 Å². The van der Waals surface area contributed by atoms with E-state index in [2.05, 4.69) is 18.4 Å². The van der Waals surface area contributed by atoms with Crippen molar-refractivity contribution in [2.45, 2.75) is 45.1 Å². The Kier molecular flexibility index (Phi) is 4.02. The highest BCUT2D eigenvalue weighted by molar-refractivity contribution is 7.10. The Labute approximate surface area is 128 Å². The summed E-state index contributed by atoms with van der Waals surface area (Å²) in [6.45, 7) is 2.78. The van der Waals surface area contributed by atoms with Crippen LogP contribution in [0, 0.1) is 11.8 Å². The highest BCUT2D eigenvalue weighted by Crippen LogP contribution is 2.37. The van der Waals surface area contributed by atoms with Crippen LogP contribution in [0.1, 0.15) is 49.1 Å². The number of amides is 1. The highest BCUT2D eigenvalue weighted by Gasteiger charge is 2.40. The molecule has 0 aromatic carbocycles. The molecule has 4 nitrogen and oxygen atoms in total. The van der Waals surface area contributed by atoms with Gasteiger partial charge in [0.05, 0.1) is 17.9 Å². The lowest BCUT2D eigenvalue weighted by molar-refractivity contribution is -0.153. The van der Waals surface area contributed by atoms with Crippen molar-refractivity contribution in [2.24, 2.45) is 11.8 Å². The molecule has 1 aromatic rings. The van der Waals surface area contributed by atoms with Gasteiger partial charge in [-0.05, 0) is 43.2 Å². The van der Waals surface area contributed by atoms with Gasteiger partial charge in [0.2, 0.25) is 5.91 Å². The number of hydrogen-bond acceptors (Lipinski definition) is 3. The van der Waals surface area contributed by atoms with Crippen LogP contribution in [-0.2, 0) is 16.0 Å². The second-order valence-corrected chi connectivity index (χ2v) is 7.09. The molecule has 3 atom stereocenters. The summed E-state index contributed by atoms with van der Waals surface area (Å²) in [5, 5.41) is 11.5. The maximum absolute atomic E-state index is 12.9. The van der Waals surface area contributed by atoms with Crippen molar-refractivity contribution in [3.8, 4) is 0 Å². The average Bonchev–Trinajstić information content (AvgIpc) is 2.96. The molecule has 1 aromatic heterocycles. The number of hydrogen-bond donors (Lipinski definition) is 1. The minimum atomic E-state index is -0.811. The fourth-order valence-electron chi connectivity index (χ4n) is 3.75. The number of aliphatic carboxylic acids is 1. The monoisotopic (exact) mass is 307 g/mol. The quantitative estimate of drug-likeness (QED) is 0.913. The maximum atomic E-state index is 12.9. The molecule has 1 amide bonds. The van der Waals surface area contributed by atoms with E-state index in [-0.39, 0.29) is 17.9 Å². The Morgan fingerprint density at radius 2 is 2.00 bits per heavy atom. The zero-order valence-corrected chi connectivity index (χ0v) is 13.1. The van der Waals surface area contributed by atoms with Gasteiger partial charge in [-0.3, -0.25) is 9.59 Å². The number of carbonyl (C=O) groups is 2. The number of carboxylic acids is 1. The van der Waals surface area contributed by atoms with Crippen LogP contribution >= 0.6 is 11.3 Å². The van der Waals surface area contributed by atoms with E-state index in [0.717, 1.165) is 32.2 Å². The van der Waals surface area contributed by atoms with Gasteiger partial charge in [-0.25, -0.2) is 0 Å². The van der Waals surface area contributed by atoms with E-state index in [1.54, 1.807) is 11.3 Å². The summed E-state index contributed by atoms with van der Waals surface area (Å²) in [5.74, 6) is -1.60. The number of rotatable bonds is 2. The largest absolute Gasteiger partial charge is 0.481 e. The maximum Gasteiger partial charge on any atom is 0.307 e. The second kappa shape index (κ2) is 5.79. The van der Waals surface area contributed by atoms with Crippen molar-refractivity contribution >= 4 is 23.2 Å². The number of fused-ring (bicyclic) bond motifs is 1. The van der Waals surface area contributed by atoms with Gasteiger partial charge >= 0.3 is 5.97 Å². The van der Waals surface area contributed by atoms with E-state index in [9.17, 15) is 14.7 Å². The molecule has 1 N–H and O–H groups in total. The molecule has 0 radical (unpaired) electrons. The van der Waals surface area contributed by atoms with Crippen LogP contribution in [0.3, 0.4) is 0 Å². The van der Waals surface area contributed by atoms with Gasteiger partial charge in [0.1, 0.15) is 0 Å². The van der Waals surface area contributed by atoms with Crippen molar-refractivity contribution in [1.29, 1.82) is 0 Å². The zero-order chi connectivity index (χ0) is 15.0. The lowest BCUT2D eigenvalue weighted by Gasteiger charge is -2.38. The highest BCUT2D eigenvalue weighted by atomic mass is 32.1. The first-order valence-corrected chi connectivity index (χ1v) is 8.57. The van der Waals surface area contributed by atoms with E-state index in [1.165, 1.54) is 10.4 Å². The number of carboxylic acid groups (broad SMARTS) is 1. The molecule has 0 saturated heterocycles. The summed E-state index contributed by atoms with van der Waals surface area (Å²) in [5.41, 5.74) is 1.24. The van der Waals surface area contributed by atoms with Gasteiger partial charge < -0.3 is 10.0 Å². The number of nitrogens with zero attached hydrogens (tertiary/aromatic N) is 1. The van der Waals surface area contributed by atoms with Crippen LogP contribution in [-0.4, -0.2) is 28.4 Å². The van der Waals surface area contributed by atoms with Crippen molar-refractivity contribution < 1.29 is 14.7 Å². The first kappa shape index (κ1) is 14.6. The molecule has 5 heteroatoms. The lowest BCUT2D eigenvalue weighted by atomic mass is 9.78. The summed E-state index contributed by atoms with van der Waals surface area (Å²) in [6, 6.07) is 2.17. The summed E-state index contributed by atoms with van der Waals surface area (Å²) in [7, 11) is 0. The predicted molar refractivity (Wildman–Crippen MR) is 81.2 cm³/mol. The fraction of sp³-hybridized carbons (Fsp3) is 0.625. The molecule has 3 rings (SSSR count). The molecule has 1 unspecified atom stereocenters. The van der Waals surface area contributed by atoms with Gasteiger partial charge in [0, 0.05) is 11.4 Å². The van der Waals surface area contributed by atoms with Crippen molar-refractivity contribution in [3.63, 3.8) is 0 Å². The van der Waals surface area contributed by atoms with Crippen LogP contribution in [0.5, 0.6) is 0 Å². The summed E-state index contributed by atoms with van der Waals surface area (Å²) in [6.07, 6.45) is 4.14. The number of carbonyl (C=O) groups excluding carboxylic acids is 1. The predicted octanol–water partition coefficient (Wildman–Crippen LogP) is 3.08. The van der Waals surface area contributed by atoms with Crippen LogP contribution in [0.4, 0.5) is 0 Å². The fourth-order valence-corrected chi connectivity index (χ4v) is 4.71. The molecule has 1 aliphatic carbocycles. The molecule has 21 heavy (non-hydrogen) atoms. The van der Waals surface area contributed by atoms with Crippen LogP contribution in [0.15, 0.2) is 11.4 Å². The van der Waals surface area contributed by atoms with Crippen LogP contribution < -0.4 is 0 Å². The molecule has 1 fully saturated rings. The molecular formula is C16H21NO3S. The topological polar surface area (TPSA) is 57.6 Å². The Bertz CT molecular complexity index is 553. The molecule has 1 saturated carbocycles. The third-order valence-electron chi connectivity index (χ3n) is 4.96. The van der Waals surface area contributed by atoms with Crippen molar-refractivity contribution in [1.82, 2.24) is 4.90 Å². The van der Waals surface area contributed by atoms with Gasteiger partial charge in [0.25, 0.3) is 0 Å². The molecule has 114 valence electrons. The first-order valence-electron chi connectivity index (χ1n) is 7.69. The minimum absolute atomic E-state index is 0.0476. The smallest absolute Gasteiger partial charge is 0.307 e. The first-order chi connectivity index (χ1) is 10.1. The summed E-state index contributed by atoms with van der Waals surface area (Å²) < 4.78 is 0. The van der Waals surface area contributed by atoms with Crippen LogP contribution in [0.2, 0.25) is 0 Å². The van der Waals surface area contributed by atoms with E-state index < -0.39 is 11.9 Å². The molecule has 2 heterocycles. The van der Waals surface area contributed by atoms with E-state index in [1.807, 2.05) is 4.90 Å². The molecule has 0 bridgehead atoms. The molecule has 2 aliphatic rings. The van der Waals surface area contributed by atoms with Crippen LogP contribution in [0.25, 0.3) is 0 Å². The summed E-state index contributed by atoms with van der Waals surface area (Å²) in [4.78, 5) is 27.6. The van der Waals surface area contributed by atoms with Gasteiger partial charge in [-0.15, -0.1) is 11.3 Å². The van der Waals surface area contributed by atoms with Crippen molar-refractivity contribution in [2.75, 3.05) is 6.54 Å². The summed E-state index contributed by atoms with van der Waals surface area (Å²) >= 11 is 1.75. The van der Waals surface area contributed by atoms with Gasteiger partial charge in [-0.2, -0.15) is 0 Å². The Morgan fingerprint density at radius 1 is 1.29 bits per heavy atom. The van der Waals surface area contributed by atoms with Crippen molar-refractivity contribution in [3.05, 3.63) is 21.9 Å². The third kappa shape index (κ3) is 2.59. The van der Waals surface area contributed by atoms with Gasteiger partial charge in [0.15, 0.2) is 0 Å². The normalized spacial score (nSPS) is 29.0. The van der Waals surface area contributed by atoms with E-state index >= 15 is 0 Å². The number of thiophene rings is 1. The molecule has 0 spiro atoms. The third-order valence-corrected chi connectivity index (χ3v) is 5.96. The molecular weight excluding hydrogens is 286 g/mol. The Hall–Kier alpha value is -1.36. The Morgan fingerprint density at radius 3 is 2.71 bits per heavy atom. The van der Waals surface area contributed by atoms with Gasteiger partial charge in [-0.1, -0.05) is 12.8 Å². The average molecular weight is 307 g/mol. The minimum Gasteiger partial charge on any atom is -0.481 e. The second-order valence-electron chi connectivity index (χ2n) is 6.09. The standard InChI is InChI=1S/C16H21NO3S/c1-10-11-7-9-21-14(11)6-8-17(10)15(18)12-4-2-3-5-13(12)16(19)20/h7,9-10,12-13H,2-6,8H2,1H3,(H,19,20)/t10?,12-,13+/m1/s1. The zero-order valence-electron chi connectivity index (χ0n) is 12.2.